The molecule has 0 amide bonds. The lowest BCUT2D eigenvalue weighted by Crippen LogP contribution is -2.38. The van der Waals surface area contributed by atoms with Gasteiger partial charge in [-0.3, -0.25) is 0 Å². The number of rotatable bonds is 8. The molecule has 0 spiro atoms. The molecule has 1 heterocycles. The lowest BCUT2D eigenvalue weighted by Gasteiger charge is -2.13. The van der Waals surface area contributed by atoms with E-state index in [0.29, 0.717) is 12.1 Å². The van der Waals surface area contributed by atoms with E-state index in [1.165, 1.54) is 0 Å². The maximum atomic E-state index is 8.94. The zero-order valence-corrected chi connectivity index (χ0v) is 14.3. The zero-order chi connectivity index (χ0) is 17.0. The van der Waals surface area contributed by atoms with Gasteiger partial charge in [-0.15, -0.1) is 0 Å². The molecule has 1 fully saturated rings. The zero-order valence-electron chi connectivity index (χ0n) is 14.3. The van der Waals surface area contributed by atoms with Crippen molar-refractivity contribution in [2.24, 2.45) is 4.99 Å². The Morgan fingerprint density at radius 1 is 1.46 bits per heavy atom. The van der Waals surface area contributed by atoms with Crippen molar-refractivity contribution in [1.29, 1.82) is 5.26 Å². The normalized spacial score (nSPS) is 17.5. The third-order valence-electron chi connectivity index (χ3n) is 3.68. The Morgan fingerprint density at radius 3 is 3.12 bits per heavy atom. The van der Waals surface area contributed by atoms with E-state index in [4.69, 9.17) is 14.7 Å². The molecule has 2 N–H and O–H groups in total. The smallest absolute Gasteiger partial charge is 0.191 e. The standard InChI is InChI=1S/C18H26N4O2/c1-2-20-18(21-8-4-9-24-17-7-10-23-14-17)22-13-16-6-3-5-15(11-16)12-19/h3,5-6,11,17H,2,4,7-10,13-14H2,1H3,(H2,20,21,22). The molecule has 1 aliphatic heterocycles. The molecular weight excluding hydrogens is 304 g/mol. The highest BCUT2D eigenvalue weighted by Gasteiger charge is 2.15. The van der Waals surface area contributed by atoms with Crippen LogP contribution >= 0.6 is 0 Å². The van der Waals surface area contributed by atoms with Crippen LogP contribution in [0.25, 0.3) is 0 Å². The third kappa shape index (κ3) is 6.57. The first-order chi connectivity index (χ1) is 11.8. The molecule has 1 saturated heterocycles. The van der Waals surface area contributed by atoms with Gasteiger partial charge in [-0.1, -0.05) is 12.1 Å². The summed E-state index contributed by atoms with van der Waals surface area (Å²) in [6.45, 7) is 6.45. The third-order valence-corrected chi connectivity index (χ3v) is 3.68. The van der Waals surface area contributed by atoms with E-state index in [1.807, 2.05) is 25.1 Å². The predicted octanol–water partition coefficient (Wildman–Crippen LogP) is 1.81. The minimum atomic E-state index is 0.263. The topological polar surface area (TPSA) is 78.7 Å². The summed E-state index contributed by atoms with van der Waals surface area (Å²) in [5.74, 6) is 0.782. The molecule has 2 rings (SSSR count). The van der Waals surface area contributed by atoms with Crippen molar-refractivity contribution in [2.45, 2.75) is 32.4 Å². The first-order valence-electron chi connectivity index (χ1n) is 8.52. The van der Waals surface area contributed by atoms with Crippen LogP contribution in [0.15, 0.2) is 29.3 Å². The Hall–Kier alpha value is -2.10. The van der Waals surface area contributed by atoms with Gasteiger partial charge in [0.2, 0.25) is 0 Å². The number of aliphatic imine (C=N–C) groups is 1. The van der Waals surface area contributed by atoms with Crippen LogP contribution in [0.1, 0.15) is 30.9 Å². The number of hydrogen-bond acceptors (Lipinski definition) is 4. The number of hydrogen-bond donors (Lipinski definition) is 2. The highest BCUT2D eigenvalue weighted by atomic mass is 16.5. The number of ether oxygens (including phenoxy) is 2. The van der Waals surface area contributed by atoms with Crippen LogP contribution in [0.5, 0.6) is 0 Å². The van der Waals surface area contributed by atoms with Crippen molar-refractivity contribution in [3.8, 4) is 6.07 Å². The summed E-state index contributed by atoms with van der Waals surface area (Å²) in [7, 11) is 0. The molecule has 1 aromatic carbocycles. The van der Waals surface area contributed by atoms with Gasteiger partial charge in [-0.05, 0) is 37.5 Å². The van der Waals surface area contributed by atoms with Gasteiger partial charge in [0.15, 0.2) is 5.96 Å². The predicted molar refractivity (Wildman–Crippen MR) is 93.8 cm³/mol. The second kappa shape index (κ2) is 10.6. The van der Waals surface area contributed by atoms with Crippen molar-refractivity contribution in [3.63, 3.8) is 0 Å². The highest BCUT2D eigenvalue weighted by molar-refractivity contribution is 5.79. The van der Waals surface area contributed by atoms with Gasteiger partial charge < -0.3 is 20.1 Å². The van der Waals surface area contributed by atoms with Gasteiger partial charge in [0.05, 0.1) is 30.9 Å². The summed E-state index contributed by atoms with van der Waals surface area (Å²) < 4.78 is 11.0. The molecule has 1 aromatic rings. The van der Waals surface area contributed by atoms with E-state index in [2.05, 4.69) is 21.7 Å². The summed E-state index contributed by atoms with van der Waals surface area (Å²) in [5, 5.41) is 15.5. The lowest BCUT2D eigenvalue weighted by molar-refractivity contribution is 0.0420. The first-order valence-corrected chi connectivity index (χ1v) is 8.52. The Bertz CT molecular complexity index is 562. The fourth-order valence-corrected chi connectivity index (χ4v) is 2.42. The average molecular weight is 330 g/mol. The molecule has 1 aliphatic rings. The van der Waals surface area contributed by atoms with Crippen LogP contribution in [0, 0.1) is 11.3 Å². The monoisotopic (exact) mass is 330 g/mol. The summed E-state index contributed by atoms with van der Waals surface area (Å²) >= 11 is 0. The fraction of sp³-hybridized carbons (Fsp3) is 0.556. The molecule has 1 atom stereocenters. The second-order valence-electron chi connectivity index (χ2n) is 5.64. The van der Waals surface area contributed by atoms with Crippen molar-refractivity contribution in [1.82, 2.24) is 10.6 Å². The molecule has 6 heteroatoms. The molecule has 0 radical (unpaired) electrons. The quantitative estimate of drug-likeness (QED) is 0.432. The van der Waals surface area contributed by atoms with Crippen LogP contribution in [-0.4, -0.2) is 45.0 Å². The molecule has 24 heavy (non-hydrogen) atoms. The maximum Gasteiger partial charge on any atom is 0.191 e. The van der Waals surface area contributed by atoms with Gasteiger partial charge in [0.25, 0.3) is 0 Å². The Morgan fingerprint density at radius 2 is 2.38 bits per heavy atom. The van der Waals surface area contributed by atoms with Crippen molar-refractivity contribution < 1.29 is 9.47 Å². The average Bonchev–Trinajstić information content (AvgIpc) is 3.13. The Labute approximate surface area is 143 Å². The Kier molecular flexibility index (Phi) is 8.08. The van der Waals surface area contributed by atoms with Crippen LogP contribution in [0.4, 0.5) is 0 Å². The number of nitrogens with one attached hydrogen (secondary N) is 2. The summed E-state index contributed by atoms with van der Waals surface area (Å²) in [4.78, 5) is 4.56. The van der Waals surface area contributed by atoms with E-state index in [9.17, 15) is 0 Å². The largest absolute Gasteiger partial charge is 0.379 e. The van der Waals surface area contributed by atoms with Gasteiger partial charge in [0.1, 0.15) is 0 Å². The molecule has 1 unspecified atom stereocenters. The molecule has 0 aliphatic carbocycles. The fourth-order valence-electron chi connectivity index (χ4n) is 2.42. The van der Waals surface area contributed by atoms with Gasteiger partial charge in [-0.2, -0.15) is 5.26 Å². The van der Waals surface area contributed by atoms with Crippen molar-refractivity contribution in [2.75, 3.05) is 32.9 Å². The van der Waals surface area contributed by atoms with E-state index in [1.54, 1.807) is 6.07 Å². The van der Waals surface area contributed by atoms with Crippen molar-refractivity contribution in [3.05, 3.63) is 35.4 Å². The number of guanidine groups is 1. The lowest BCUT2D eigenvalue weighted by atomic mass is 10.1. The van der Waals surface area contributed by atoms with Gasteiger partial charge >= 0.3 is 0 Å². The number of nitrogens with zero attached hydrogens (tertiary/aromatic N) is 2. The minimum absolute atomic E-state index is 0.263. The van der Waals surface area contributed by atoms with Crippen LogP contribution in [-0.2, 0) is 16.0 Å². The molecule has 0 saturated carbocycles. The summed E-state index contributed by atoms with van der Waals surface area (Å²) in [5.41, 5.74) is 1.68. The van der Waals surface area contributed by atoms with E-state index >= 15 is 0 Å². The molecule has 0 aromatic heterocycles. The van der Waals surface area contributed by atoms with Crippen LogP contribution < -0.4 is 10.6 Å². The summed E-state index contributed by atoms with van der Waals surface area (Å²) in [6, 6.07) is 9.67. The number of benzene rings is 1. The van der Waals surface area contributed by atoms with E-state index in [0.717, 1.165) is 57.3 Å². The Balaban J connectivity index is 1.72. The molecule has 0 bridgehead atoms. The number of nitriles is 1. The summed E-state index contributed by atoms with van der Waals surface area (Å²) in [6.07, 6.45) is 2.18. The molecule has 130 valence electrons. The van der Waals surface area contributed by atoms with E-state index < -0.39 is 0 Å². The maximum absolute atomic E-state index is 8.94. The van der Waals surface area contributed by atoms with Gasteiger partial charge in [0, 0.05) is 26.3 Å². The molecular formula is C18H26N4O2. The van der Waals surface area contributed by atoms with Gasteiger partial charge in [-0.25, -0.2) is 4.99 Å². The SMILES string of the molecule is CCNC(=NCc1cccc(C#N)c1)NCCCOC1CCOC1. The second-order valence-corrected chi connectivity index (χ2v) is 5.64. The van der Waals surface area contributed by atoms with Crippen LogP contribution in [0.3, 0.4) is 0 Å². The minimum Gasteiger partial charge on any atom is -0.379 e. The molecule has 6 nitrogen and oxygen atoms in total. The van der Waals surface area contributed by atoms with Crippen LogP contribution in [0.2, 0.25) is 0 Å². The van der Waals surface area contributed by atoms with Crippen molar-refractivity contribution >= 4 is 5.96 Å². The first kappa shape index (κ1) is 18.2. The van der Waals surface area contributed by atoms with E-state index in [-0.39, 0.29) is 6.10 Å². The highest BCUT2D eigenvalue weighted by Crippen LogP contribution is 2.08.